The third kappa shape index (κ3) is 5.03. The van der Waals surface area contributed by atoms with Crippen molar-refractivity contribution in [3.8, 4) is 5.88 Å². The number of carbonyl (C=O) groups excluding carboxylic acids is 1. The number of amides is 1. The fourth-order valence-corrected chi connectivity index (χ4v) is 6.42. The maximum atomic E-state index is 12.4. The molecule has 0 aliphatic heterocycles. The fraction of sp³-hybridized carbons (Fsp3) is 0.720. The number of rotatable bonds is 5. The first-order chi connectivity index (χ1) is 15.3. The molecule has 1 amide bonds. The molecule has 2 heterocycles. The van der Waals surface area contributed by atoms with E-state index in [0.717, 1.165) is 42.8 Å². The highest BCUT2D eigenvalue weighted by molar-refractivity contribution is 7.18. The van der Waals surface area contributed by atoms with Gasteiger partial charge in [0.25, 0.3) is 0 Å². The third-order valence-corrected chi connectivity index (χ3v) is 7.89. The number of aryl methyl sites for hydroxylation is 1. The quantitative estimate of drug-likeness (QED) is 0.513. The number of aromatic nitrogens is 2. The Hall–Kier alpha value is -1.89. The smallest absolute Gasteiger partial charge is 0.410 e. The zero-order chi connectivity index (χ0) is 22.9. The second-order valence-corrected chi connectivity index (χ2v) is 11.4. The van der Waals surface area contributed by atoms with Crippen LogP contribution in [0.3, 0.4) is 0 Å². The molecular formula is C25H37N3O3S. The zero-order valence-electron chi connectivity index (χ0n) is 20.1. The Balaban J connectivity index is 1.45. The van der Waals surface area contributed by atoms with E-state index >= 15 is 0 Å². The molecule has 0 radical (unpaired) electrons. The van der Waals surface area contributed by atoms with Gasteiger partial charge in [0.1, 0.15) is 22.9 Å². The van der Waals surface area contributed by atoms with E-state index in [1.165, 1.54) is 41.5 Å². The van der Waals surface area contributed by atoms with E-state index in [4.69, 9.17) is 9.47 Å². The van der Waals surface area contributed by atoms with E-state index in [2.05, 4.69) is 16.9 Å². The van der Waals surface area contributed by atoms with Crippen LogP contribution >= 0.6 is 11.3 Å². The number of hydrogen-bond donors (Lipinski definition) is 0. The second-order valence-electron chi connectivity index (χ2n) is 10.3. The molecule has 2 aliphatic rings. The van der Waals surface area contributed by atoms with Gasteiger partial charge in [-0.1, -0.05) is 13.3 Å². The molecule has 0 aromatic carbocycles. The molecule has 0 saturated heterocycles. The van der Waals surface area contributed by atoms with Crippen molar-refractivity contribution < 1.29 is 14.3 Å². The van der Waals surface area contributed by atoms with Crippen molar-refractivity contribution in [1.82, 2.24) is 14.9 Å². The lowest BCUT2D eigenvalue weighted by molar-refractivity contribution is 0.0137. The Morgan fingerprint density at radius 1 is 1.19 bits per heavy atom. The van der Waals surface area contributed by atoms with Crippen molar-refractivity contribution >= 4 is 27.6 Å². The van der Waals surface area contributed by atoms with Crippen LogP contribution < -0.4 is 4.74 Å². The van der Waals surface area contributed by atoms with Crippen molar-refractivity contribution in [2.24, 2.45) is 0 Å². The summed E-state index contributed by atoms with van der Waals surface area (Å²) in [6.45, 7) is 7.98. The minimum atomic E-state index is -0.473. The summed E-state index contributed by atoms with van der Waals surface area (Å²) in [5.41, 5.74) is 0.992. The molecule has 176 valence electrons. The molecule has 6 nitrogen and oxygen atoms in total. The van der Waals surface area contributed by atoms with Crippen LogP contribution in [0.5, 0.6) is 5.88 Å². The van der Waals surface area contributed by atoms with E-state index in [1.54, 1.807) is 11.2 Å². The average molecular weight is 460 g/mol. The van der Waals surface area contributed by atoms with Crippen LogP contribution in [0.2, 0.25) is 0 Å². The topological polar surface area (TPSA) is 64.6 Å². The number of carbonyl (C=O) groups is 1. The van der Waals surface area contributed by atoms with Crippen LogP contribution in [-0.2, 0) is 11.2 Å². The van der Waals surface area contributed by atoms with Gasteiger partial charge in [-0.2, -0.15) is 0 Å². The molecule has 7 heteroatoms. The molecule has 0 N–H and O–H groups in total. The molecule has 4 rings (SSSR count). The SMILES string of the molecule is CCC[C@H]1CCCc2sc3ncnc(OC4CCC(N(C)C(=O)OC(C)(C)C)CC4)c3c21. The van der Waals surface area contributed by atoms with E-state index in [-0.39, 0.29) is 18.2 Å². The minimum Gasteiger partial charge on any atom is -0.474 e. The van der Waals surface area contributed by atoms with Gasteiger partial charge in [-0.15, -0.1) is 11.3 Å². The lowest BCUT2D eigenvalue weighted by Gasteiger charge is -2.35. The summed E-state index contributed by atoms with van der Waals surface area (Å²) in [4.78, 5) is 25.9. The molecular weight excluding hydrogens is 422 g/mol. The normalized spacial score (nSPS) is 23.6. The Morgan fingerprint density at radius 3 is 2.62 bits per heavy atom. The highest BCUT2D eigenvalue weighted by Crippen LogP contribution is 2.46. The van der Waals surface area contributed by atoms with Gasteiger partial charge < -0.3 is 14.4 Å². The standard InChI is InChI=1S/C25H37N3O3S/c1-6-8-16-9-7-10-19-20(16)21-22(26-15-27-23(21)32-19)30-18-13-11-17(12-14-18)28(5)24(29)31-25(2,3)4/h15-18H,6-14H2,1-5H3/t16-,17?,18?/m0/s1. The van der Waals surface area contributed by atoms with Gasteiger partial charge in [-0.3, -0.25) is 0 Å². The molecule has 0 spiro atoms. The molecule has 1 saturated carbocycles. The summed E-state index contributed by atoms with van der Waals surface area (Å²) < 4.78 is 12.0. The van der Waals surface area contributed by atoms with Crippen molar-refractivity contribution in [3.63, 3.8) is 0 Å². The number of thiophene rings is 1. The van der Waals surface area contributed by atoms with E-state index < -0.39 is 5.60 Å². The fourth-order valence-electron chi connectivity index (χ4n) is 5.16. The number of nitrogens with zero attached hydrogens (tertiary/aromatic N) is 3. The highest BCUT2D eigenvalue weighted by atomic mass is 32.1. The Bertz CT molecular complexity index is 944. The van der Waals surface area contributed by atoms with Gasteiger partial charge in [0.05, 0.1) is 5.39 Å². The number of ether oxygens (including phenoxy) is 2. The summed E-state index contributed by atoms with van der Waals surface area (Å²) in [6, 6.07) is 0.193. The van der Waals surface area contributed by atoms with Crippen LogP contribution in [0.25, 0.3) is 10.2 Å². The maximum Gasteiger partial charge on any atom is 0.410 e. The predicted molar refractivity (Wildman–Crippen MR) is 129 cm³/mol. The molecule has 2 aliphatic carbocycles. The minimum absolute atomic E-state index is 0.125. The highest BCUT2D eigenvalue weighted by Gasteiger charge is 2.32. The zero-order valence-corrected chi connectivity index (χ0v) is 21.0. The predicted octanol–water partition coefficient (Wildman–Crippen LogP) is 6.47. The van der Waals surface area contributed by atoms with E-state index in [9.17, 15) is 4.79 Å². The summed E-state index contributed by atoms with van der Waals surface area (Å²) in [5, 5.41) is 1.17. The lowest BCUT2D eigenvalue weighted by Crippen LogP contribution is -2.43. The summed E-state index contributed by atoms with van der Waals surface area (Å²) in [5.74, 6) is 1.36. The Kier molecular flexibility index (Phi) is 6.94. The van der Waals surface area contributed by atoms with Crippen molar-refractivity contribution in [2.75, 3.05) is 7.05 Å². The summed E-state index contributed by atoms with van der Waals surface area (Å²) >= 11 is 1.83. The first-order valence-corrected chi connectivity index (χ1v) is 13.0. The van der Waals surface area contributed by atoms with Crippen LogP contribution in [0.1, 0.15) is 95.4 Å². The van der Waals surface area contributed by atoms with Crippen LogP contribution in [0.4, 0.5) is 4.79 Å². The first kappa shape index (κ1) is 23.3. The van der Waals surface area contributed by atoms with Crippen LogP contribution in [-0.4, -0.2) is 45.8 Å². The second kappa shape index (κ2) is 9.54. The lowest BCUT2D eigenvalue weighted by atomic mass is 9.83. The molecule has 0 unspecified atom stereocenters. The molecule has 32 heavy (non-hydrogen) atoms. The van der Waals surface area contributed by atoms with Gasteiger partial charge in [0.15, 0.2) is 0 Å². The van der Waals surface area contributed by atoms with E-state index in [0.29, 0.717) is 5.92 Å². The van der Waals surface area contributed by atoms with Gasteiger partial charge in [0.2, 0.25) is 5.88 Å². The molecule has 1 atom stereocenters. The largest absolute Gasteiger partial charge is 0.474 e. The average Bonchev–Trinajstić information content (AvgIpc) is 3.13. The van der Waals surface area contributed by atoms with Crippen molar-refractivity contribution in [1.29, 1.82) is 0 Å². The molecule has 2 aromatic rings. The summed E-state index contributed by atoms with van der Waals surface area (Å²) in [6.07, 6.45) is 11.3. The number of fused-ring (bicyclic) bond motifs is 3. The Labute approximate surface area is 195 Å². The van der Waals surface area contributed by atoms with Gasteiger partial charge in [-0.25, -0.2) is 14.8 Å². The van der Waals surface area contributed by atoms with Gasteiger partial charge in [-0.05, 0) is 83.6 Å². The molecule has 0 bridgehead atoms. The van der Waals surface area contributed by atoms with Crippen molar-refractivity contribution in [2.45, 2.75) is 109 Å². The third-order valence-electron chi connectivity index (χ3n) is 6.72. The monoisotopic (exact) mass is 459 g/mol. The first-order valence-electron chi connectivity index (χ1n) is 12.2. The maximum absolute atomic E-state index is 12.4. The molecule has 1 fully saturated rings. The van der Waals surface area contributed by atoms with Crippen LogP contribution in [0, 0.1) is 0 Å². The van der Waals surface area contributed by atoms with Gasteiger partial charge in [0, 0.05) is 18.0 Å². The molecule has 2 aromatic heterocycles. The van der Waals surface area contributed by atoms with Crippen molar-refractivity contribution in [3.05, 3.63) is 16.8 Å². The van der Waals surface area contributed by atoms with Crippen LogP contribution in [0.15, 0.2) is 6.33 Å². The Morgan fingerprint density at radius 2 is 1.94 bits per heavy atom. The van der Waals surface area contributed by atoms with Gasteiger partial charge >= 0.3 is 6.09 Å². The van der Waals surface area contributed by atoms with E-state index in [1.807, 2.05) is 39.2 Å². The summed E-state index contributed by atoms with van der Waals surface area (Å²) in [7, 11) is 1.85. The number of hydrogen-bond acceptors (Lipinski definition) is 6.